The first kappa shape index (κ1) is 16.8. The van der Waals surface area contributed by atoms with Gasteiger partial charge in [-0.2, -0.15) is 0 Å². The highest BCUT2D eigenvalue weighted by Crippen LogP contribution is 2.28. The summed E-state index contributed by atoms with van der Waals surface area (Å²) in [6.07, 6.45) is 1.97. The molecule has 4 rings (SSSR count). The first-order valence-electron chi connectivity index (χ1n) is 8.09. The van der Waals surface area contributed by atoms with Crippen molar-refractivity contribution in [3.8, 4) is 17.0 Å². The van der Waals surface area contributed by atoms with Gasteiger partial charge in [-0.3, -0.25) is 9.20 Å². The van der Waals surface area contributed by atoms with Crippen LogP contribution in [-0.2, 0) is 6.54 Å². The van der Waals surface area contributed by atoms with Crippen LogP contribution in [0.4, 0.5) is 0 Å². The average molecular weight is 383 g/mol. The maximum absolute atomic E-state index is 12.5. The first-order valence-corrected chi connectivity index (χ1v) is 9.79. The van der Waals surface area contributed by atoms with Crippen molar-refractivity contribution < 1.29 is 9.53 Å². The number of carbonyl (C=O) groups is 1. The van der Waals surface area contributed by atoms with Crippen LogP contribution in [0.3, 0.4) is 0 Å². The number of aryl methyl sites for hydroxylation is 1. The number of fused-ring (bicyclic) bond motifs is 1. The third-order valence-electron chi connectivity index (χ3n) is 4.15. The largest absolute Gasteiger partial charge is 0.497 e. The Balaban J connectivity index is 1.57. The number of carbonyl (C=O) groups excluding carboxylic acids is 1. The van der Waals surface area contributed by atoms with Crippen LogP contribution in [0.25, 0.3) is 16.2 Å². The number of methoxy groups -OCH3 is 1. The monoisotopic (exact) mass is 383 g/mol. The van der Waals surface area contributed by atoms with Crippen molar-refractivity contribution in [2.75, 3.05) is 7.11 Å². The number of imidazole rings is 1. The van der Waals surface area contributed by atoms with E-state index < -0.39 is 0 Å². The molecule has 0 bridgehead atoms. The quantitative estimate of drug-likeness (QED) is 0.557. The molecule has 3 heterocycles. The molecule has 1 N–H and O–H groups in total. The molecule has 26 heavy (non-hydrogen) atoms. The van der Waals surface area contributed by atoms with E-state index in [1.807, 2.05) is 59.3 Å². The Morgan fingerprint density at radius 2 is 2.08 bits per heavy atom. The van der Waals surface area contributed by atoms with E-state index in [1.54, 1.807) is 18.4 Å². The summed E-state index contributed by atoms with van der Waals surface area (Å²) >= 11 is 3.05. The molecule has 0 atom stereocenters. The number of nitrogens with one attached hydrogen (secondary N) is 1. The molecule has 0 radical (unpaired) electrons. The van der Waals surface area contributed by atoms with Gasteiger partial charge >= 0.3 is 0 Å². The SMILES string of the molecule is COc1ccc(-c2cn3c(C)c(C(=O)NCc4cccs4)sc3n2)cc1. The van der Waals surface area contributed by atoms with Crippen molar-refractivity contribution >= 4 is 33.5 Å². The van der Waals surface area contributed by atoms with E-state index in [-0.39, 0.29) is 5.91 Å². The van der Waals surface area contributed by atoms with Gasteiger partial charge in [-0.05, 0) is 42.6 Å². The Morgan fingerprint density at radius 1 is 1.27 bits per heavy atom. The molecule has 0 unspecified atom stereocenters. The van der Waals surface area contributed by atoms with Gasteiger partial charge in [-0.15, -0.1) is 11.3 Å². The molecule has 0 fully saturated rings. The summed E-state index contributed by atoms with van der Waals surface area (Å²) in [5.74, 6) is 0.757. The summed E-state index contributed by atoms with van der Waals surface area (Å²) in [5.41, 5.74) is 2.80. The van der Waals surface area contributed by atoms with Gasteiger partial charge in [0.1, 0.15) is 10.6 Å². The standard InChI is InChI=1S/C19H17N3O2S2/c1-12-17(18(23)20-10-15-4-3-9-25-15)26-19-21-16(11-22(12)19)13-5-7-14(24-2)8-6-13/h3-9,11H,10H2,1-2H3,(H,20,23). The minimum atomic E-state index is -0.0580. The summed E-state index contributed by atoms with van der Waals surface area (Å²) in [5, 5.41) is 4.99. The van der Waals surface area contributed by atoms with Crippen LogP contribution in [0.2, 0.25) is 0 Å². The van der Waals surface area contributed by atoms with Gasteiger partial charge in [0.25, 0.3) is 5.91 Å². The lowest BCUT2D eigenvalue weighted by Gasteiger charge is -2.03. The van der Waals surface area contributed by atoms with Gasteiger partial charge in [0.2, 0.25) is 0 Å². The third-order valence-corrected chi connectivity index (χ3v) is 6.18. The number of rotatable bonds is 5. The average Bonchev–Trinajstić information content (AvgIpc) is 3.38. The van der Waals surface area contributed by atoms with Gasteiger partial charge in [-0.25, -0.2) is 4.98 Å². The second kappa shape index (κ2) is 6.93. The maximum Gasteiger partial charge on any atom is 0.263 e. The lowest BCUT2D eigenvalue weighted by molar-refractivity contribution is 0.0954. The number of benzene rings is 1. The number of nitrogens with zero attached hydrogens (tertiary/aromatic N) is 2. The summed E-state index contributed by atoms with van der Waals surface area (Å²) in [6.45, 7) is 2.50. The molecule has 0 aliphatic carbocycles. The van der Waals surface area contributed by atoms with Gasteiger partial charge in [0.15, 0.2) is 4.96 Å². The van der Waals surface area contributed by atoms with Crippen molar-refractivity contribution in [2.24, 2.45) is 0 Å². The zero-order valence-electron chi connectivity index (χ0n) is 14.4. The number of thiophene rings is 1. The predicted octanol–water partition coefficient (Wildman–Crippen LogP) is 4.37. The normalized spacial score (nSPS) is 11.0. The second-order valence-corrected chi connectivity index (χ2v) is 7.80. The van der Waals surface area contributed by atoms with Crippen molar-refractivity contribution in [1.29, 1.82) is 0 Å². The summed E-state index contributed by atoms with van der Waals surface area (Å²) < 4.78 is 7.17. The van der Waals surface area contributed by atoms with Crippen LogP contribution in [0.15, 0.2) is 48.0 Å². The highest BCUT2D eigenvalue weighted by Gasteiger charge is 2.18. The second-order valence-electron chi connectivity index (χ2n) is 5.79. The molecule has 0 aliphatic rings. The van der Waals surface area contributed by atoms with E-state index in [2.05, 4.69) is 10.3 Å². The lowest BCUT2D eigenvalue weighted by atomic mass is 10.2. The number of aromatic nitrogens is 2. The molecular weight excluding hydrogens is 366 g/mol. The number of amides is 1. The number of thiazole rings is 1. The van der Waals surface area contributed by atoms with Gasteiger partial charge in [0.05, 0.1) is 19.3 Å². The van der Waals surface area contributed by atoms with E-state index in [0.717, 1.165) is 32.5 Å². The van der Waals surface area contributed by atoms with Crippen LogP contribution in [0.1, 0.15) is 20.2 Å². The van der Waals surface area contributed by atoms with Crippen LogP contribution in [-0.4, -0.2) is 22.4 Å². The lowest BCUT2D eigenvalue weighted by Crippen LogP contribution is -2.22. The Bertz CT molecular complexity index is 1050. The Kier molecular flexibility index (Phi) is 4.48. The van der Waals surface area contributed by atoms with Crippen molar-refractivity contribution in [1.82, 2.24) is 14.7 Å². The van der Waals surface area contributed by atoms with E-state index in [4.69, 9.17) is 4.74 Å². The molecule has 0 spiro atoms. The van der Waals surface area contributed by atoms with E-state index in [1.165, 1.54) is 11.3 Å². The van der Waals surface area contributed by atoms with Crippen LogP contribution in [0, 0.1) is 6.92 Å². The van der Waals surface area contributed by atoms with Crippen LogP contribution >= 0.6 is 22.7 Å². The number of hydrogen-bond donors (Lipinski definition) is 1. The molecule has 0 saturated carbocycles. The van der Waals surface area contributed by atoms with Crippen LogP contribution < -0.4 is 10.1 Å². The number of ether oxygens (including phenoxy) is 1. The van der Waals surface area contributed by atoms with E-state index in [9.17, 15) is 4.79 Å². The summed E-state index contributed by atoms with van der Waals surface area (Å²) in [6, 6.07) is 11.8. The molecule has 7 heteroatoms. The van der Waals surface area contributed by atoms with Crippen molar-refractivity contribution in [3.05, 3.63) is 63.4 Å². The van der Waals surface area contributed by atoms with Crippen molar-refractivity contribution in [3.63, 3.8) is 0 Å². The Hall–Kier alpha value is -2.64. The van der Waals surface area contributed by atoms with Crippen molar-refractivity contribution in [2.45, 2.75) is 13.5 Å². The predicted molar refractivity (Wildman–Crippen MR) is 105 cm³/mol. The fourth-order valence-electron chi connectivity index (χ4n) is 2.72. The molecule has 1 aromatic carbocycles. The summed E-state index contributed by atoms with van der Waals surface area (Å²) in [7, 11) is 1.65. The smallest absolute Gasteiger partial charge is 0.263 e. The molecule has 1 amide bonds. The minimum absolute atomic E-state index is 0.0580. The fourth-order valence-corrected chi connectivity index (χ4v) is 4.39. The van der Waals surface area contributed by atoms with Gasteiger partial charge < -0.3 is 10.1 Å². The maximum atomic E-state index is 12.5. The van der Waals surface area contributed by atoms with Gasteiger partial charge in [0, 0.05) is 22.3 Å². The highest BCUT2D eigenvalue weighted by molar-refractivity contribution is 7.19. The van der Waals surface area contributed by atoms with E-state index in [0.29, 0.717) is 11.4 Å². The molecule has 4 aromatic rings. The van der Waals surface area contributed by atoms with Crippen LogP contribution in [0.5, 0.6) is 5.75 Å². The minimum Gasteiger partial charge on any atom is -0.497 e. The fraction of sp³-hybridized carbons (Fsp3) is 0.158. The summed E-state index contributed by atoms with van der Waals surface area (Å²) in [4.78, 5) is 19.8. The highest BCUT2D eigenvalue weighted by atomic mass is 32.1. The van der Waals surface area contributed by atoms with E-state index >= 15 is 0 Å². The zero-order valence-corrected chi connectivity index (χ0v) is 16.0. The zero-order chi connectivity index (χ0) is 18.1. The topological polar surface area (TPSA) is 55.6 Å². The number of hydrogen-bond acceptors (Lipinski definition) is 5. The molecule has 5 nitrogen and oxygen atoms in total. The Labute approximate surface area is 158 Å². The molecular formula is C19H17N3O2S2. The Morgan fingerprint density at radius 3 is 2.73 bits per heavy atom. The molecule has 0 saturated heterocycles. The molecule has 3 aromatic heterocycles. The first-order chi connectivity index (χ1) is 12.7. The van der Waals surface area contributed by atoms with Gasteiger partial charge in [-0.1, -0.05) is 17.4 Å². The molecule has 0 aliphatic heterocycles. The third kappa shape index (κ3) is 3.11. The molecule has 132 valence electrons.